The minimum atomic E-state index is -0.467. The van der Waals surface area contributed by atoms with Gasteiger partial charge in [-0.3, -0.25) is 0 Å². The molecule has 0 aliphatic heterocycles. The minimum Gasteiger partial charge on any atom is -0.345 e. The Hall–Kier alpha value is -1.09. The van der Waals surface area contributed by atoms with Crippen molar-refractivity contribution in [2.75, 3.05) is 0 Å². The van der Waals surface area contributed by atoms with E-state index in [-0.39, 0.29) is 10.5 Å². The third kappa shape index (κ3) is 0.886. The first-order valence-corrected chi connectivity index (χ1v) is 3.44. The monoisotopic (exact) mass is 170 g/mol. The number of aromatic amines is 1. The Morgan fingerprint density at radius 3 is 3.09 bits per heavy atom. The number of imidazole rings is 1. The van der Waals surface area contributed by atoms with Gasteiger partial charge >= 0.3 is 0 Å². The van der Waals surface area contributed by atoms with Gasteiger partial charge in [-0.2, -0.15) is 0 Å². The normalized spacial score (nSPS) is 10.7. The molecule has 0 aliphatic rings. The highest BCUT2D eigenvalue weighted by atomic mass is 35.5. The van der Waals surface area contributed by atoms with Crippen LogP contribution in [0.4, 0.5) is 4.39 Å². The van der Waals surface area contributed by atoms with Gasteiger partial charge in [0.15, 0.2) is 5.82 Å². The van der Waals surface area contributed by atoms with E-state index in [0.717, 1.165) is 0 Å². The van der Waals surface area contributed by atoms with Gasteiger partial charge in [-0.15, -0.1) is 0 Å². The Bertz CT molecular complexity index is 396. The molecule has 1 heterocycles. The molecular formula is C7H4ClFN2. The highest BCUT2D eigenvalue weighted by Gasteiger charge is 2.05. The first-order valence-electron chi connectivity index (χ1n) is 3.06. The highest BCUT2D eigenvalue weighted by molar-refractivity contribution is 6.31. The second-order valence-electron chi connectivity index (χ2n) is 2.16. The van der Waals surface area contributed by atoms with Crippen LogP contribution >= 0.6 is 11.6 Å². The molecule has 2 nitrogen and oxygen atoms in total. The summed E-state index contributed by atoms with van der Waals surface area (Å²) >= 11 is 5.52. The van der Waals surface area contributed by atoms with Gasteiger partial charge in [0.1, 0.15) is 5.52 Å². The van der Waals surface area contributed by atoms with Gasteiger partial charge < -0.3 is 4.98 Å². The summed E-state index contributed by atoms with van der Waals surface area (Å²) in [6.45, 7) is 0. The molecule has 2 aromatic rings. The largest absolute Gasteiger partial charge is 0.345 e. The van der Waals surface area contributed by atoms with E-state index >= 15 is 0 Å². The zero-order valence-corrected chi connectivity index (χ0v) is 6.19. The van der Waals surface area contributed by atoms with E-state index in [4.69, 9.17) is 11.6 Å². The van der Waals surface area contributed by atoms with E-state index in [2.05, 4.69) is 9.97 Å². The summed E-state index contributed by atoms with van der Waals surface area (Å²) in [5, 5.41) is 0.101. The van der Waals surface area contributed by atoms with Gasteiger partial charge in [0, 0.05) is 0 Å². The predicted octanol–water partition coefficient (Wildman–Crippen LogP) is 2.36. The average molecular weight is 171 g/mol. The first kappa shape index (κ1) is 6.61. The fraction of sp³-hybridized carbons (Fsp3) is 0. The molecule has 0 aliphatic carbocycles. The molecule has 1 aromatic carbocycles. The number of fused-ring (bicyclic) bond motifs is 1. The fourth-order valence-electron chi connectivity index (χ4n) is 0.949. The van der Waals surface area contributed by atoms with Crippen LogP contribution in [0.5, 0.6) is 0 Å². The second kappa shape index (κ2) is 2.20. The fourth-order valence-corrected chi connectivity index (χ4v) is 1.10. The standard InChI is InChI=1S/C7H4ClFN2/c8-4-1-2-5-7(6(4)9)11-3-10-5/h1-3H,(H,10,11). The van der Waals surface area contributed by atoms with Crippen molar-refractivity contribution < 1.29 is 4.39 Å². The molecule has 56 valence electrons. The maximum atomic E-state index is 13.0. The summed E-state index contributed by atoms with van der Waals surface area (Å²) in [6.07, 6.45) is 1.43. The van der Waals surface area contributed by atoms with Crippen LogP contribution in [0.2, 0.25) is 5.02 Å². The topological polar surface area (TPSA) is 28.7 Å². The number of aromatic nitrogens is 2. The number of nitrogens with zero attached hydrogens (tertiary/aromatic N) is 1. The lowest BCUT2D eigenvalue weighted by Crippen LogP contribution is -1.78. The average Bonchev–Trinajstić information content (AvgIpc) is 2.45. The Labute approximate surface area is 67.0 Å². The number of hydrogen-bond acceptors (Lipinski definition) is 1. The lowest BCUT2D eigenvalue weighted by atomic mass is 10.3. The Morgan fingerprint density at radius 1 is 1.45 bits per heavy atom. The maximum Gasteiger partial charge on any atom is 0.169 e. The Balaban J connectivity index is 2.93. The van der Waals surface area contributed by atoms with Gasteiger partial charge in [-0.05, 0) is 12.1 Å². The van der Waals surface area contributed by atoms with Crippen LogP contribution < -0.4 is 0 Å². The van der Waals surface area contributed by atoms with Gasteiger partial charge in [-0.1, -0.05) is 11.6 Å². The second-order valence-corrected chi connectivity index (χ2v) is 2.57. The van der Waals surface area contributed by atoms with Gasteiger partial charge in [0.25, 0.3) is 0 Å². The molecule has 11 heavy (non-hydrogen) atoms. The quantitative estimate of drug-likeness (QED) is 0.646. The molecule has 0 bridgehead atoms. The van der Waals surface area contributed by atoms with Gasteiger partial charge in [0.2, 0.25) is 0 Å². The van der Waals surface area contributed by atoms with E-state index in [0.29, 0.717) is 5.52 Å². The molecule has 0 radical (unpaired) electrons. The van der Waals surface area contributed by atoms with Crippen LogP contribution in [0.25, 0.3) is 11.0 Å². The van der Waals surface area contributed by atoms with E-state index in [9.17, 15) is 4.39 Å². The van der Waals surface area contributed by atoms with E-state index < -0.39 is 5.82 Å². The smallest absolute Gasteiger partial charge is 0.169 e. The predicted molar refractivity (Wildman–Crippen MR) is 41.1 cm³/mol. The van der Waals surface area contributed by atoms with E-state index in [1.165, 1.54) is 12.4 Å². The highest BCUT2D eigenvalue weighted by Crippen LogP contribution is 2.21. The SMILES string of the molecule is Fc1c(Cl)ccc2[nH]cnc12. The first-order chi connectivity index (χ1) is 5.29. The summed E-state index contributed by atoms with van der Waals surface area (Å²) in [6, 6.07) is 3.19. The molecule has 0 saturated carbocycles. The third-order valence-corrected chi connectivity index (χ3v) is 1.77. The molecule has 0 spiro atoms. The van der Waals surface area contributed by atoms with Crippen molar-refractivity contribution in [3.05, 3.63) is 29.3 Å². The molecule has 4 heteroatoms. The molecule has 2 rings (SSSR count). The van der Waals surface area contributed by atoms with Crippen LogP contribution in [0.3, 0.4) is 0 Å². The molecule has 0 saturated heterocycles. The van der Waals surface area contributed by atoms with Crippen molar-refractivity contribution in [1.82, 2.24) is 9.97 Å². The van der Waals surface area contributed by atoms with Crippen molar-refractivity contribution in [3.63, 3.8) is 0 Å². The van der Waals surface area contributed by atoms with Crippen LogP contribution in [-0.2, 0) is 0 Å². The number of H-pyrrole nitrogens is 1. The molecule has 0 atom stereocenters. The summed E-state index contributed by atoms with van der Waals surface area (Å²) in [5.74, 6) is -0.467. The van der Waals surface area contributed by atoms with E-state index in [1.807, 2.05) is 0 Å². The van der Waals surface area contributed by atoms with E-state index in [1.54, 1.807) is 6.07 Å². The van der Waals surface area contributed by atoms with Crippen molar-refractivity contribution in [2.45, 2.75) is 0 Å². The molecule has 1 aromatic heterocycles. The van der Waals surface area contributed by atoms with Crippen molar-refractivity contribution in [2.24, 2.45) is 0 Å². The molecular weight excluding hydrogens is 167 g/mol. The molecule has 1 N–H and O–H groups in total. The lowest BCUT2D eigenvalue weighted by Gasteiger charge is -1.92. The molecule has 0 unspecified atom stereocenters. The van der Waals surface area contributed by atoms with Gasteiger partial charge in [-0.25, -0.2) is 9.37 Å². The summed E-state index contributed by atoms with van der Waals surface area (Å²) in [5.41, 5.74) is 0.949. The zero-order valence-electron chi connectivity index (χ0n) is 5.44. The zero-order chi connectivity index (χ0) is 7.84. The third-order valence-electron chi connectivity index (χ3n) is 1.48. The Kier molecular flexibility index (Phi) is 1.32. The number of hydrogen-bond donors (Lipinski definition) is 1. The summed E-state index contributed by atoms with van der Waals surface area (Å²) < 4.78 is 13.0. The van der Waals surface area contributed by atoms with Gasteiger partial charge in [0.05, 0.1) is 16.9 Å². The number of benzene rings is 1. The summed E-state index contributed by atoms with van der Waals surface area (Å²) in [4.78, 5) is 6.54. The van der Waals surface area contributed by atoms with Crippen LogP contribution in [0.15, 0.2) is 18.5 Å². The van der Waals surface area contributed by atoms with Crippen molar-refractivity contribution in [3.8, 4) is 0 Å². The van der Waals surface area contributed by atoms with Crippen molar-refractivity contribution >= 4 is 22.6 Å². The maximum absolute atomic E-state index is 13.0. The number of halogens is 2. The van der Waals surface area contributed by atoms with Crippen molar-refractivity contribution in [1.29, 1.82) is 0 Å². The molecule has 0 amide bonds. The number of nitrogens with one attached hydrogen (secondary N) is 1. The summed E-state index contributed by atoms with van der Waals surface area (Å²) in [7, 11) is 0. The molecule has 0 fully saturated rings. The van der Waals surface area contributed by atoms with Crippen LogP contribution in [-0.4, -0.2) is 9.97 Å². The lowest BCUT2D eigenvalue weighted by molar-refractivity contribution is 0.638. The van der Waals surface area contributed by atoms with Crippen LogP contribution in [0.1, 0.15) is 0 Å². The van der Waals surface area contributed by atoms with Crippen LogP contribution in [0, 0.1) is 5.82 Å². The minimum absolute atomic E-state index is 0.101. The number of rotatable bonds is 0. The Morgan fingerprint density at radius 2 is 2.27 bits per heavy atom.